The van der Waals surface area contributed by atoms with Crippen LogP contribution in [0.25, 0.3) is 0 Å². The minimum absolute atomic E-state index is 0.0404. The lowest BCUT2D eigenvalue weighted by atomic mass is 10.2. The Bertz CT molecular complexity index is 422. The fourth-order valence-corrected chi connectivity index (χ4v) is 0.904. The predicted octanol–water partition coefficient (Wildman–Crippen LogP) is 1.88. The fourth-order valence-electron chi connectivity index (χ4n) is 0.904. The summed E-state index contributed by atoms with van der Waals surface area (Å²) in [6.45, 7) is 0. The van der Waals surface area contributed by atoms with Crippen molar-refractivity contribution in [1.29, 1.82) is 0 Å². The summed E-state index contributed by atoms with van der Waals surface area (Å²) in [5, 5.41) is 10.2. The zero-order valence-electron chi connectivity index (χ0n) is 6.99. The number of hydrogen-bond acceptors (Lipinski definition) is 4. The van der Waals surface area contributed by atoms with E-state index in [1.54, 1.807) is 0 Å². The molecule has 1 aromatic rings. The molecule has 5 nitrogen and oxygen atoms in total. The number of carbonyl (C=O) groups excluding carboxylic acids is 1. The van der Waals surface area contributed by atoms with Gasteiger partial charge in [-0.25, -0.2) is 8.78 Å². The third kappa shape index (κ3) is 2.09. The van der Waals surface area contributed by atoms with Gasteiger partial charge in [-0.1, -0.05) is 0 Å². The molecule has 0 unspecified atom stereocenters. The number of alkyl halides is 2. The summed E-state index contributed by atoms with van der Waals surface area (Å²) in [5.41, 5.74) is -1.80. The highest BCUT2D eigenvalue weighted by Crippen LogP contribution is 2.24. The molecule has 8 heteroatoms. The third-order valence-corrected chi connectivity index (χ3v) is 1.52. The van der Waals surface area contributed by atoms with Gasteiger partial charge >= 0.3 is 12.2 Å². The molecular formula is C7H3F3N2O3. The first kappa shape index (κ1) is 11.1. The molecule has 0 spiro atoms. The Labute approximate surface area is 80.7 Å². The van der Waals surface area contributed by atoms with Gasteiger partial charge in [0.15, 0.2) is 6.29 Å². The normalized spacial score (nSPS) is 10.4. The van der Waals surface area contributed by atoms with Crippen molar-refractivity contribution >= 4 is 12.1 Å². The third-order valence-electron chi connectivity index (χ3n) is 1.52. The van der Waals surface area contributed by atoms with Crippen LogP contribution in [0.2, 0.25) is 0 Å². The summed E-state index contributed by atoms with van der Waals surface area (Å²) in [7, 11) is 0. The second kappa shape index (κ2) is 4.03. The zero-order chi connectivity index (χ0) is 11.6. The number of carbonyl (C=O) groups is 1. The number of aromatic nitrogens is 1. The van der Waals surface area contributed by atoms with Gasteiger partial charge in [-0.05, 0) is 16.0 Å². The predicted molar refractivity (Wildman–Crippen MR) is 41.2 cm³/mol. The number of aldehydes is 1. The highest BCUT2D eigenvalue weighted by Gasteiger charge is 2.27. The molecule has 0 N–H and O–H groups in total. The number of rotatable bonds is 3. The molecule has 15 heavy (non-hydrogen) atoms. The molecular weight excluding hydrogens is 217 g/mol. The summed E-state index contributed by atoms with van der Waals surface area (Å²) in [5.74, 6) is -2.75. The highest BCUT2D eigenvalue weighted by atomic mass is 19.3. The van der Waals surface area contributed by atoms with E-state index in [0.29, 0.717) is 6.07 Å². The van der Waals surface area contributed by atoms with Crippen LogP contribution >= 0.6 is 0 Å². The average molecular weight is 220 g/mol. The van der Waals surface area contributed by atoms with Crippen LogP contribution in [0.5, 0.6) is 0 Å². The van der Waals surface area contributed by atoms with Gasteiger partial charge in [0.05, 0.1) is 5.56 Å². The molecule has 0 aliphatic carbocycles. The Morgan fingerprint density at radius 1 is 1.53 bits per heavy atom. The van der Waals surface area contributed by atoms with Crippen LogP contribution in [0.4, 0.5) is 19.0 Å². The molecule has 0 fully saturated rings. The van der Waals surface area contributed by atoms with E-state index in [-0.39, 0.29) is 6.29 Å². The van der Waals surface area contributed by atoms with E-state index in [1.807, 2.05) is 0 Å². The van der Waals surface area contributed by atoms with Crippen LogP contribution in [-0.4, -0.2) is 16.2 Å². The molecule has 1 heterocycles. The molecule has 0 amide bonds. The van der Waals surface area contributed by atoms with E-state index in [1.165, 1.54) is 0 Å². The van der Waals surface area contributed by atoms with Crippen molar-refractivity contribution in [1.82, 2.24) is 4.98 Å². The van der Waals surface area contributed by atoms with E-state index >= 15 is 0 Å². The van der Waals surface area contributed by atoms with Gasteiger partial charge in [0.2, 0.25) is 11.5 Å². The lowest BCUT2D eigenvalue weighted by Crippen LogP contribution is -2.04. The van der Waals surface area contributed by atoms with Crippen LogP contribution < -0.4 is 0 Å². The molecule has 0 bridgehead atoms. The van der Waals surface area contributed by atoms with Crippen molar-refractivity contribution in [3.63, 3.8) is 0 Å². The van der Waals surface area contributed by atoms with Crippen LogP contribution in [0, 0.1) is 15.9 Å². The molecule has 1 rings (SSSR count). The van der Waals surface area contributed by atoms with Gasteiger partial charge in [0.25, 0.3) is 0 Å². The van der Waals surface area contributed by atoms with Gasteiger partial charge in [-0.15, -0.1) is 0 Å². The lowest BCUT2D eigenvalue weighted by molar-refractivity contribution is -0.392. The van der Waals surface area contributed by atoms with Crippen molar-refractivity contribution in [2.75, 3.05) is 0 Å². The Hall–Kier alpha value is -1.99. The van der Waals surface area contributed by atoms with Gasteiger partial charge in [-0.2, -0.15) is 4.39 Å². The van der Waals surface area contributed by atoms with Gasteiger partial charge in [0.1, 0.15) is 0 Å². The van der Waals surface area contributed by atoms with Crippen LogP contribution in [-0.2, 0) is 0 Å². The Morgan fingerprint density at radius 2 is 2.13 bits per heavy atom. The minimum atomic E-state index is -3.18. The maximum atomic E-state index is 12.8. The Kier molecular flexibility index (Phi) is 2.98. The standard InChI is InChI=1S/C7H3F3N2O3/c8-4-1-3(2-13)5(6(9)10)11-7(4)12(14)15/h1-2,6H. The van der Waals surface area contributed by atoms with Crippen LogP contribution in [0.3, 0.4) is 0 Å². The summed E-state index contributed by atoms with van der Waals surface area (Å²) < 4.78 is 37.3. The lowest BCUT2D eigenvalue weighted by Gasteiger charge is -1.99. The second-order valence-corrected chi connectivity index (χ2v) is 2.44. The fraction of sp³-hybridized carbons (Fsp3) is 0.143. The number of hydrogen-bond donors (Lipinski definition) is 0. The van der Waals surface area contributed by atoms with E-state index in [9.17, 15) is 28.1 Å². The number of halogens is 3. The molecule has 0 atom stereocenters. The smallest absolute Gasteiger partial charge is 0.358 e. The molecule has 0 aliphatic heterocycles. The molecule has 1 aromatic heterocycles. The summed E-state index contributed by atoms with van der Waals surface area (Å²) in [4.78, 5) is 22.0. The molecule has 0 aromatic carbocycles. The SMILES string of the molecule is O=Cc1cc(F)c([N+](=O)[O-])nc1C(F)F. The Morgan fingerprint density at radius 3 is 2.53 bits per heavy atom. The van der Waals surface area contributed by atoms with Crippen molar-refractivity contribution in [2.45, 2.75) is 6.43 Å². The number of pyridine rings is 1. The first-order valence-corrected chi connectivity index (χ1v) is 3.55. The zero-order valence-corrected chi connectivity index (χ0v) is 6.99. The highest BCUT2D eigenvalue weighted by molar-refractivity contribution is 5.76. The maximum Gasteiger partial charge on any atom is 0.400 e. The molecule has 0 saturated carbocycles. The van der Waals surface area contributed by atoms with Gasteiger partial charge < -0.3 is 10.1 Å². The van der Waals surface area contributed by atoms with Gasteiger partial charge in [0, 0.05) is 0 Å². The number of nitro groups is 1. The van der Waals surface area contributed by atoms with Crippen molar-refractivity contribution < 1.29 is 22.9 Å². The monoisotopic (exact) mass is 220 g/mol. The van der Waals surface area contributed by atoms with Crippen molar-refractivity contribution in [3.05, 3.63) is 33.3 Å². The van der Waals surface area contributed by atoms with Crippen LogP contribution in [0.15, 0.2) is 6.07 Å². The first-order chi connectivity index (χ1) is 6.97. The quantitative estimate of drug-likeness (QED) is 0.442. The largest absolute Gasteiger partial charge is 0.400 e. The number of nitrogens with zero attached hydrogens (tertiary/aromatic N) is 2. The second-order valence-electron chi connectivity index (χ2n) is 2.44. The Balaban J connectivity index is 3.43. The van der Waals surface area contributed by atoms with Gasteiger partial charge in [-0.3, -0.25) is 4.79 Å². The van der Waals surface area contributed by atoms with Crippen LogP contribution in [0.1, 0.15) is 22.5 Å². The topological polar surface area (TPSA) is 73.1 Å². The molecule has 0 radical (unpaired) electrons. The van der Waals surface area contributed by atoms with Crippen molar-refractivity contribution in [3.8, 4) is 0 Å². The van der Waals surface area contributed by atoms with E-state index in [4.69, 9.17) is 0 Å². The molecule has 0 saturated heterocycles. The summed E-state index contributed by atoms with van der Waals surface area (Å²) >= 11 is 0. The first-order valence-electron chi connectivity index (χ1n) is 3.55. The van der Waals surface area contributed by atoms with Crippen molar-refractivity contribution in [2.24, 2.45) is 0 Å². The van der Waals surface area contributed by atoms with E-state index < -0.39 is 34.2 Å². The summed E-state index contributed by atoms with van der Waals surface area (Å²) in [6, 6.07) is 0.361. The average Bonchev–Trinajstić information content (AvgIpc) is 2.16. The summed E-state index contributed by atoms with van der Waals surface area (Å²) in [6.07, 6.45) is -3.22. The molecule has 0 aliphatic rings. The van der Waals surface area contributed by atoms with E-state index in [0.717, 1.165) is 0 Å². The van der Waals surface area contributed by atoms with E-state index in [2.05, 4.69) is 4.98 Å². The minimum Gasteiger partial charge on any atom is -0.358 e. The molecule has 80 valence electrons. The maximum absolute atomic E-state index is 12.8.